The summed E-state index contributed by atoms with van der Waals surface area (Å²) in [6.45, 7) is -5.79. The first-order valence-corrected chi connectivity index (χ1v) is 19.6. The van der Waals surface area contributed by atoms with Crippen molar-refractivity contribution in [3.05, 3.63) is 171 Å². The van der Waals surface area contributed by atoms with Crippen molar-refractivity contribution in [3.8, 4) is 0 Å². The van der Waals surface area contributed by atoms with Gasteiger partial charge in [-0.2, -0.15) is 0 Å². The molecule has 0 radical (unpaired) electrons. The van der Waals surface area contributed by atoms with E-state index in [0.29, 0.717) is 15.9 Å². The van der Waals surface area contributed by atoms with E-state index in [4.69, 9.17) is 9.47 Å². The van der Waals surface area contributed by atoms with Gasteiger partial charge >= 0.3 is 320 Å². The van der Waals surface area contributed by atoms with Crippen molar-refractivity contribution >= 4 is 58.0 Å². The summed E-state index contributed by atoms with van der Waals surface area (Å²) in [5.41, 5.74) is -0.306. The summed E-state index contributed by atoms with van der Waals surface area (Å²) in [7, 11) is 0. The average molecular weight is 779 g/mol. The number of esters is 1. The number of carbonyl (C=O) groups excluding carboxylic acids is 3. The Balaban J connectivity index is 1.48. The minimum atomic E-state index is -4.81. The molecule has 0 bridgehead atoms. The van der Waals surface area contributed by atoms with Crippen molar-refractivity contribution in [2.24, 2.45) is 0 Å². The normalized spacial score (nSPS) is 15.7. The number of β-lactam (4-membered cyclic amide) rings is 1. The number of hydrogen-bond donors (Lipinski definition) is 2. The van der Waals surface area contributed by atoms with Gasteiger partial charge in [-0.05, 0) is 0 Å². The molecule has 16 heteroatoms. The van der Waals surface area contributed by atoms with Crippen LogP contribution in [-0.4, -0.2) is 61.8 Å². The SMILES string of the molecule is O=C(O)CC1C(NC(=O)OCc2ccccc2[N+](=O)[O-])C(=O)N1P(CC(=O)OCc1ccccc1[N+](=O)[O-])(c1ccccc1)(c1ccccc1)c1ccccc1. The van der Waals surface area contributed by atoms with E-state index in [1.165, 1.54) is 47.1 Å². The monoisotopic (exact) mass is 778 g/mol. The number of carboxylic acid groups (broad SMARTS) is 1. The second-order valence-corrected chi connectivity index (χ2v) is 17.7. The molecule has 0 aliphatic carbocycles. The second-order valence-electron chi connectivity index (χ2n) is 12.9. The molecule has 2 N–H and O–H groups in total. The summed E-state index contributed by atoms with van der Waals surface area (Å²) in [4.78, 5) is 77.4. The van der Waals surface area contributed by atoms with Crippen molar-refractivity contribution < 1.29 is 43.6 Å². The zero-order valence-corrected chi connectivity index (χ0v) is 30.5. The Morgan fingerprint density at radius 2 is 1.07 bits per heavy atom. The average Bonchev–Trinajstić information content (AvgIpc) is 3.21. The van der Waals surface area contributed by atoms with Gasteiger partial charge in [0, 0.05) is 0 Å². The number of ether oxygens (including phenoxy) is 2. The number of rotatable bonds is 15. The number of alkyl carbamates (subject to hydrolysis) is 1. The van der Waals surface area contributed by atoms with Crippen LogP contribution in [-0.2, 0) is 37.1 Å². The number of carboxylic acids is 1. The molecule has 2 unspecified atom stereocenters. The fraction of sp³-hybridized carbons (Fsp3) is 0.150. The van der Waals surface area contributed by atoms with Gasteiger partial charge in [0.1, 0.15) is 0 Å². The molecule has 56 heavy (non-hydrogen) atoms. The molecule has 6 rings (SSSR count). The minimum absolute atomic E-state index is 0.0952. The summed E-state index contributed by atoms with van der Waals surface area (Å²) in [5, 5.41) is 37.6. The maximum atomic E-state index is 14.9. The number of nitrogens with zero attached hydrogens (tertiary/aromatic N) is 3. The number of aliphatic carboxylic acids is 1. The Labute approximate surface area is 319 Å². The molecule has 1 fully saturated rings. The predicted molar refractivity (Wildman–Crippen MR) is 206 cm³/mol. The number of nitro groups is 2. The van der Waals surface area contributed by atoms with Gasteiger partial charge in [0.05, 0.1) is 0 Å². The molecule has 2 amide bonds. The maximum absolute atomic E-state index is 14.9. The van der Waals surface area contributed by atoms with Crippen LogP contribution in [0, 0.1) is 20.2 Å². The van der Waals surface area contributed by atoms with Crippen LogP contribution in [0.5, 0.6) is 0 Å². The first-order chi connectivity index (χ1) is 27.0. The first-order valence-electron chi connectivity index (χ1n) is 17.2. The number of amides is 2. The van der Waals surface area contributed by atoms with E-state index in [9.17, 15) is 44.5 Å². The van der Waals surface area contributed by atoms with Gasteiger partial charge < -0.3 is 0 Å². The van der Waals surface area contributed by atoms with E-state index in [2.05, 4.69) is 5.32 Å². The van der Waals surface area contributed by atoms with Gasteiger partial charge in [-0.3, -0.25) is 0 Å². The Kier molecular flexibility index (Phi) is 11.2. The molecule has 15 nitrogen and oxygen atoms in total. The van der Waals surface area contributed by atoms with Gasteiger partial charge in [-0.15, -0.1) is 0 Å². The van der Waals surface area contributed by atoms with Crippen LogP contribution in [0.3, 0.4) is 0 Å². The second kappa shape index (κ2) is 16.2. The summed E-state index contributed by atoms with van der Waals surface area (Å²) in [6.07, 6.45) is -2.31. The molecular weight excluding hydrogens is 743 g/mol. The molecular formula is C40H35N4O11P. The molecule has 2 atom stereocenters. The third kappa shape index (κ3) is 7.03. The van der Waals surface area contributed by atoms with Crippen LogP contribution in [0.2, 0.25) is 0 Å². The zero-order chi connectivity index (χ0) is 39.9. The van der Waals surface area contributed by atoms with E-state index >= 15 is 0 Å². The molecule has 1 aliphatic heterocycles. The number of nitrogens with one attached hydrogen (secondary N) is 1. The van der Waals surface area contributed by atoms with Crippen molar-refractivity contribution in [1.29, 1.82) is 0 Å². The third-order valence-electron chi connectivity index (χ3n) is 9.82. The van der Waals surface area contributed by atoms with E-state index < -0.39 is 78.4 Å². The zero-order valence-electron chi connectivity index (χ0n) is 29.6. The van der Waals surface area contributed by atoms with Crippen molar-refractivity contribution in [2.45, 2.75) is 31.7 Å². The number of nitro benzene ring substituents is 2. The number of para-hydroxylation sites is 2. The molecule has 1 heterocycles. The van der Waals surface area contributed by atoms with Crippen molar-refractivity contribution in [1.82, 2.24) is 9.99 Å². The van der Waals surface area contributed by atoms with Gasteiger partial charge in [0.2, 0.25) is 0 Å². The molecule has 5 aromatic rings. The van der Waals surface area contributed by atoms with Crippen LogP contribution in [0.4, 0.5) is 16.2 Å². The quantitative estimate of drug-likeness (QED) is 0.0477. The Bertz CT molecular complexity index is 2190. The van der Waals surface area contributed by atoms with Crippen molar-refractivity contribution in [3.63, 3.8) is 0 Å². The van der Waals surface area contributed by atoms with E-state index in [1.807, 2.05) is 0 Å². The molecule has 0 aromatic heterocycles. The predicted octanol–water partition coefficient (Wildman–Crippen LogP) is 4.97. The molecule has 0 spiro atoms. The molecule has 0 saturated carbocycles. The summed E-state index contributed by atoms with van der Waals surface area (Å²) in [5.74, 6) is -2.86. The number of benzene rings is 5. The fourth-order valence-corrected chi connectivity index (χ4v) is 14.2. The Morgan fingerprint density at radius 1 is 0.661 bits per heavy atom. The van der Waals surface area contributed by atoms with Crippen molar-refractivity contribution in [2.75, 3.05) is 6.16 Å². The molecule has 1 aliphatic rings. The number of carbonyl (C=O) groups is 4. The van der Waals surface area contributed by atoms with Crippen LogP contribution >= 0.6 is 6.75 Å². The first kappa shape index (κ1) is 38.7. The Hall–Kier alpha value is -6.99. The summed E-state index contributed by atoms with van der Waals surface area (Å²) in [6, 6.07) is 34.9. The van der Waals surface area contributed by atoms with Crippen LogP contribution < -0.4 is 21.2 Å². The van der Waals surface area contributed by atoms with Crippen LogP contribution in [0.1, 0.15) is 17.5 Å². The van der Waals surface area contributed by atoms with E-state index in [0.717, 1.165) is 0 Å². The summed E-state index contributed by atoms with van der Waals surface area (Å²) < 4.78 is 12.5. The van der Waals surface area contributed by atoms with Gasteiger partial charge in [-0.1, -0.05) is 0 Å². The summed E-state index contributed by atoms with van der Waals surface area (Å²) >= 11 is 0. The van der Waals surface area contributed by atoms with Gasteiger partial charge in [0.25, 0.3) is 0 Å². The van der Waals surface area contributed by atoms with Crippen LogP contribution in [0.25, 0.3) is 0 Å². The van der Waals surface area contributed by atoms with E-state index in [1.54, 1.807) is 97.1 Å². The number of hydrogen-bond acceptors (Lipinski definition) is 10. The molecule has 1 saturated heterocycles. The van der Waals surface area contributed by atoms with Gasteiger partial charge in [0.15, 0.2) is 0 Å². The topological polar surface area (TPSA) is 209 Å². The van der Waals surface area contributed by atoms with E-state index in [-0.39, 0.29) is 22.5 Å². The molecule has 5 aromatic carbocycles. The fourth-order valence-electron chi connectivity index (χ4n) is 7.42. The van der Waals surface area contributed by atoms with Crippen LogP contribution in [0.15, 0.2) is 140 Å². The third-order valence-corrected chi connectivity index (χ3v) is 16.4. The molecule has 286 valence electrons. The van der Waals surface area contributed by atoms with Gasteiger partial charge in [-0.25, -0.2) is 0 Å². The standard InChI is InChI=1S/C40H35N4O11P/c45-36(46)24-35-38(41-40(49)55-26-29-15-11-13-23-34(29)44(52)53)39(48)42(35)56(30-16-4-1-5-17-30,31-18-6-2-7-19-31,32-20-8-3-9-21-32)27-37(47)54-25-28-14-10-12-22-33(28)43(50)51/h1-23,35,38H,24-27H2,(H,41,49)(H,45,46). The Morgan fingerprint density at radius 3 is 1.50 bits per heavy atom.